The third kappa shape index (κ3) is 7.86. The zero-order valence-corrected chi connectivity index (χ0v) is 12.0. The van der Waals surface area contributed by atoms with Gasteiger partial charge in [0.1, 0.15) is 0 Å². The summed E-state index contributed by atoms with van der Waals surface area (Å²) in [7, 11) is 3.53. The van der Waals surface area contributed by atoms with Crippen LogP contribution in [0.2, 0.25) is 0 Å². The van der Waals surface area contributed by atoms with Crippen molar-refractivity contribution in [2.75, 3.05) is 40.3 Å². The van der Waals surface area contributed by atoms with Crippen molar-refractivity contribution in [2.24, 2.45) is 0 Å². The van der Waals surface area contributed by atoms with Gasteiger partial charge in [-0.1, -0.05) is 13.2 Å². The van der Waals surface area contributed by atoms with Crippen LogP contribution in [0.4, 0.5) is 0 Å². The Morgan fingerprint density at radius 3 is 2.26 bits per heavy atom. The second-order valence-corrected chi connectivity index (χ2v) is 4.25. The Hall–Kier alpha value is -1.98. The van der Waals surface area contributed by atoms with Gasteiger partial charge in [0, 0.05) is 26.3 Å². The smallest absolute Gasteiger partial charge is 0.239 e. The predicted molar refractivity (Wildman–Crippen MR) is 76.3 cm³/mol. The highest BCUT2D eigenvalue weighted by Crippen LogP contribution is 1.96. The van der Waals surface area contributed by atoms with Crippen LogP contribution in [0.25, 0.3) is 0 Å². The molecule has 0 heterocycles. The van der Waals surface area contributed by atoms with Gasteiger partial charge in [0.2, 0.25) is 11.8 Å². The van der Waals surface area contributed by atoms with Crippen LogP contribution in [0.3, 0.4) is 0 Å². The zero-order chi connectivity index (χ0) is 14.8. The molecule has 0 saturated carbocycles. The summed E-state index contributed by atoms with van der Waals surface area (Å²) < 4.78 is 0. The van der Waals surface area contributed by atoms with Gasteiger partial charge >= 0.3 is 0 Å². The molecule has 2 amide bonds. The zero-order valence-electron chi connectivity index (χ0n) is 12.0. The summed E-state index contributed by atoms with van der Waals surface area (Å²) in [4.78, 5) is 26.3. The Labute approximate surface area is 115 Å². The second-order valence-electron chi connectivity index (χ2n) is 4.25. The number of rotatable bonds is 9. The molecular weight excluding hydrogens is 244 g/mol. The number of hydrogen-bond acceptors (Lipinski definition) is 4. The topological polar surface area (TPSA) is 64.7 Å². The van der Waals surface area contributed by atoms with Crippen molar-refractivity contribution in [3.05, 3.63) is 25.1 Å². The molecule has 0 saturated heterocycles. The van der Waals surface area contributed by atoms with Crippen molar-refractivity contribution in [3.8, 4) is 0 Å². The molecule has 19 heavy (non-hydrogen) atoms. The second kappa shape index (κ2) is 9.02. The van der Waals surface area contributed by atoms with Crippen LogP contribution in [0.15, 0.2) is 25.1 Å². The average molecular weight is 268 g/mol. The lowest BCUT2D eigenvalue weighted by atomic mass is 10.4. The molecule has 0 aliphatic heterocycles. The SMILES string of the molecule is C=CN(C)CC(=O)NCC(=C)N(C)CC(=O)NCC. The molecule has 0 aromatic carbocycles. The third-order valence-electron chi connectivity index (χ3n) is 2.49. The molecule has 108 valence electrons. The average Bonchev–Trinajstić information content (AvgIpc) is 2.35. The van der Waals surface area contributed by atoms with E-state index in [1.165, 1.54) is 0 Å². The number of amides is 2. The third-order valence-corrected chi connectivity index (χ3v) is 2.49. The first-order valence-electron chi connectivity index (χ1n) is 6.15. The number of carbonyl (C=O) groups excluding carboxylic acids is 2. The van der Waals surface area contributed by atoms with E-state index in [1.54, 1.807) is 30.1 Å². The lowest BCUT2D eigenvalue weighted by molar-refractivity contribution is -0.121. The molecule has 0 radical (unpaired) electrons. The van der Waals surface area contributed by atoms with Crippen molar-refractivity contribution in [1.82, 2.24) is 20.4 Å². The molecule has 6 heteroatoms. The van der Waals surface area contributed by atoms with Gasteiger partial charge in [-0.05, 0) is 13.1 Å². The quantitative estimate of drug-likeness (QED) is 0.606. The Morgan fingerprint density at radius 1 is 1.16 bits per heavy atom. The Morgan fingerprint density at radius 2 is 1.74 bits per heavy atom. The maximum atomic E-state index is 11.5. The summed E-state index contributed by atoms with van der Waals surface area (Å²) in [5.74, 6) is -0.182. The number of hydrogen-bond donors (Lipinski definition) is 2. The molecule has 0 atom stereocenters. The fourth-order valence-corrected chi connectivity index (χ4v) is 1.26. The van der Waals surface area contributed by atoms with Crippen LogP contribution in [0.1, 0.15) is 6.92 Å². The minimum atomic E-state index is -0.116. The molecule has 2 N–H and O–H groups in total. The number of nitrogens with one attached hydrogen (secondary N) is 2. The maximum Gasteiger partial charge on any atom is 0.239 e. The molecule has 0 aliphatic rings. The highest BCUT2D eigenvalue weighted by atomic mass is 16.2. The van der Waals surface area contributed by atoms with Gasteiger partial charge in [-0.3, -0.25) is 9.59 Å². The van der Waals surface area contributed by atoms with Crippen molar-refractivity contribution in [3.63, 3.8) is 0 Å². The van der Waals surface area contributed by atoms with Gasteiger partial charge in [-0.15, -0.1) is 0 Å². The fraction of sp³-hybridized carbons (Fsp3) is 0.538. The van der Waals surface area contributed by atoms with E-state index in [0.29, 0.717) is 18.8 Å². The largest absolute Gasteiger partial charge is 0.372 e. The van der Waals surface area contributed by atoms with E-state index in [-0.39, 0.29) is 24.9 Å². The summed E-state index contributed by atoms with van der Waals surface area (Å²) in [6.45, 7) is 10.7. The maximum absolute atomic E-state index is 11.5. The molecule has 0 rings (SSSR count). The van der Waals surface area contributed by atoms with Crippen molar-refractivity contribution < 1.29 is 9.59 Å². The van der Waals surface area contributed by atoms with Gasteiger partial charge in [0.05, 0.1) is 19.6 Å². The first-order chi connectivity index (χ1) is 8.90. The normalized spacial score (nSPS) is 9.42. The molecule has 0 unspecified atom stereocenters. The molecule has 0 aliphatic carbocycles. The minimum absolute atomic E-state index is 0.0659. The standard InChI is InChI=1S/C13H24N4O2/c1-6-14-13(19)10-17(5)11(3)8-15-12(18)9-16(4)7-2/h7H,2-3,6,8-10H2,1,4-5H3,(H,14,19)(H,15,18). The lowest BCUT2D eigenvalue weighted by Crippen LogP contribution is -2.39. The monoisotopic (exact) mass is 268 g/mol. The van der Waals surface area contributed by atoms with Gasteiger partial charge in [0.25, 0.3) is 0 Å². The fourth-order valence-electron chi connectivity index (χ4n) is 1.26. The van der Waals surface area contributed by atoms with E-state index < -0.39 is 0 Å². The van der Waals surface area contributed by atoms with Crippen molar-refractivity contribution >= 4 is 11.8 Å². The minimum Gasteiger partial charge on any atom is -0.372 e. The van der Waals surface area contributed by atoms with Crippen LogP contribution in [0, 0.1) is 0 Å². The summed E-state index contributed by atoms with van der Waals surface area (Å²) in [6, 6.07) is 0. The summed E-state index contributed by atoms with van der Waals surface area (Å²) in [5, 5.41) is 5.44. The van der Waals surface area contributed by atoms with Gasteiger partial charge < -0.3 is 20.4 Å². The van der Waals surface area contributed by atoms with E-state index in [0.717, 1.165) is 0 Å². The van der Waals surface area contributed by atoms with Gasteiger partial charge in [-0.25, -0.2) is 0 Å². The van der Waals surface area contributed by atoms with Crippen LogP contribution >= 0.6 is 0 Å². The number of nitrogens with zero attached hydrogens (tertiary/aromatic N) is 2. The molecule has 0 aromatic heterocycles. The molecular formula is C13H24N4O2. The molecule has 0 spiro atoms. The summed E-state index contributed by atoms with van der Waals surface area (Å²) in [5.41, 5.74) is 0.681. The Balaban J connectivity index is 3.99. The molecule has 6 nitrogen and oxygen atoms in total. The van der Waals surface area contributed by atoms with Gasteiger partial charge in [0.15, 0.2) is 0 Å². The Kier molecular flexibility index (Phi) is 8.08. The lowest BCUT2D eigenvalue weighted by Gasteiger charge is -2.21. The van der Waals surface area contributed by atoms with Crippen molar-refractivity contribution in [1.29, 1.82) is 0 Å². The van der Waals surface area contributed by atoms with Crippen LogP contribution in [-0.2, 0) is 9.59 Å². The number of likely N-dealkylation sites (N-methyl/N-ethyl adjacent to an activating group) is 3. The van der Waals surface area contributed by atoms with E-state index in [1.807, 2.05) is 6.92 Å². The molecule has 0 aromatic rings. The van der Waals surface area contributed by atoms with Crippen LogP contribution < -0.4 is 10.6 Å². The summed E-state index contributed by atoms with van der Waals surface area (Å²) in [6.07, 6.45) is 1.58. The first-order valence-corrected chi connectivity index (χ1v) is 6.15. The first kappa shape index (κ1) is 17.0. The molecule has 0 bridgehead atoms. The van der Waals surface area contributed by atoms with E-state index in [4.69, 9.17) is 0 Å². The van der Waals surface area contributed by atoms with E-state index >= 15 is 0 Å². The summed E-state index contributed by atoms with van der Waals surface area (Å²) >= 11 is 0. The predicted octanol–water partition coefficient (Wildman–Crippen LogP) is -0.240. The van der Waals surface area contributed by atoms with Crippen LogP contribution in [0.5, 0.6) is 0 Å². The Bertz CT molecular complexity index is 342. The highest BCUT2D eigenvalue weighted by Gasteiger charge is 2.09. The van der Waals surface area contributed by atoms with Crippen LogP contribution in [-0.4, -0.2) is 61.9 Å². The number of carbonyl (C=O) groups is 2. The molecule has 0 fully saturated rings. The van der Waals surface area contributed by atoms with Crippen molar-refractivity contribution in [2.45, 2.75) is 6.92 Å². The highest BCUT2D eigenvalue weighted by molar-refractivity contribution is 5.79. The van der Waals surface area contributed by atoms with E-state index in [2.05, 4.69) is 23.8 Å². The van der Waals surface area contributed by atoms with Gasteiger partial charge in [-0.2, -0.15) is 0 Å². The van der Waals surface area contributed by atoms with E-state index in [9.17, 15) is 9.59 Å².